The molecule has 1 aliphatic carbocycles. The lowest BCUT2D eigenvalue weighted by atomic mass is 10.1. The standard InChI is InChI=1S/C14H21N3O4/c1-14(2,3)21-13(20)16-11(12(18)19)6-9-7-17(8-15-9)10-4-5-10/h7-8,10-11H,4-6H2,1-3H3,(H,16,20)(H,18,19)/t11-/m0/s1. The summed E-state index contributed by atoms with van der Waals surface area (Å²) in [5, 5.41) is 11.6. The van der Waals surface area contributed by atoms with E-state index < -0.39 is 23.7 Å². The van der Waals surface area contributed by atoms with E-state index in [9.17, 15) is 14.7 Å². The number of nitrogens with zero attached hydrogens (tertiary/aromatic N) is 2. The Morgan fingerprint density at radius 3 is 2.71 bits per heavy atom. The molecular weight excluding hydrogens is 274 g/mol. The number of aromatic nitrogens is 2. The van der Waals surface area contributed by atoms with Crippen LogP contribution in [0.15, 0.2) is 12.5 Å². The molecule has 7 nitrogen and oxygen atoms in total. The van der Waals surface area contributed by atoms with Crippen LogP contribution >= 0.6 is 0 Å². The van der Waals surface area contributed by atoms with E-state index in [0.29, 0.717) is 11.7 Å². The van der Waals surface area contributed by atoms with Crippen molar-refractivity contribution in [3.63, 3.8) is 0 Å². The molecule has 2 rings (SSSR count). The van der Waals surface area contributed by atoms with Crippen molar-refractivity contribution in [2.75, 3.05) is 0 Å². The lowest BCUT2D eigenvalue weighted by Gasteiger charge is -2.21. The number of carboxylic acid groups (broad SMARTS) is 1. The number of carbonyl (C=O) groups is 2. The van der Waals surface area contributed by atoms with E-state index in [1.165, 1.54) is 0 Å². The molecule has 1 aliphatic rings. The minimum absolute atomic E-state index is 0.133. The zero-order valence-corrected chi connectivity index (χ0v) is 12.5. The van der Waals surface area contributed by atoms with Gasteiger partial charge in [-0.05, 0) is 33.6 Å². The molecular formula is C14H21N3O4. The van der Waals surface area contributed by atoms with Crippen LogP contribution in [0.5, 0.6) is 0 Å². The summed E-state index contributed by atoms with van der Waals surface area (Å²) < 4.78 is 7.06. The van der Waals surface area contributed by atoms with E-state index in [1.807, 2.05) is 10.8 Å². The van der Waals surface area contributed by atoms with Crippen molar-refractivity contribution in [2.45, 2.75) is 57.7 Å². The smallest absolute Gasteiger partial charge is 0.408 e. The molecule has 7 heteroatoms. The Labute approximate surface area is 123 Å². The zero-order chi connectivity index (χ0) is 15.6. The van der Waals surface area contributed by atoms with Crippen molar-refractivity contribution in [1.82, 2.24) is 14.9 Å². The normalized spacial score (nSPS) is 16.3. The molecule has 1 atom stereocenters. The number of imidazole rings is 1. The molecule has 1 aromatic rings. The van der Waals surface area contributed by atoms with E-state index in [0.717, 1.165) is 12.8 Å². The molecule has 1 heterocycles. The number of amides is 1. The highest BCUT2D eigenvalue weighted by atomic mass is 16.6. The van der Waals surface area contributed by atoms with Crippen LogP contribution in [0.4, 0.5) is 4.79 Å². The topological polar surface area (TPSA) is 93.5 Å². The van der Waals surface area contributed by atoms with Gasteiger partial charge in [-0.15, -0.1) is 0 Å². The van der Waals surface area contributed by atoms with Crippen LogP contribution in [0.3, 0.4) is 0 Å². The number of hydrogen-bond acceptors (Lipinski definition) is 4. The lowest BCUT2D eigenvalue weighted by Crippen LogP contribution is -2.44. The molecule has 1 aromatic heterocycles. The molecule has 2 N–H and O–H groups in total. The van der Waals surface area contributed by atoms with E-state index >= 15 is 0 Å². The van der Waals surface area contributed by atoms with Crippen molar-refractivity contribution in [1.29, 1.82) is 0 Å². The Balaban J connectivity index is 1.94. The second-order valence-corrected chi connectivity index (χ2v) is 6.28. The van der Waals surface area contributed by atoms with Gasteiger partial charge in [-0.3, -0.25) is 0 Å². The number of aliphatic carboxylic acids is 1. The molecule has 0 spiro atoms. The molecule has 1 amide bonds. The Hall–Kier alpha value is -2.05. The van der Waals surface area contributed by atoms with E-state index in [4.69, 9.17) is 4.74 Å². The average Bonchev–Trinajstić information content (AvgIpc) is 3.07. The van der Waals surface area contributed by atoms with Gasteiger partial charge < -0.3 is 19.7 Å². The number of nitrogens with one attached hydrogen (secondary N) is 1. The summed E-state index contributed by atoms with van der Waals surface area (Å²) in [6.07, 6.45) is 5.21. The summed E-state index contributed by atoms with van der Waals surface area (Å²) in [5.41, 5.74) is -0.0221. The highest BCUT2D eigenvalue weighted by Crippen LogP contribution is 2.34. The highest BCUT2D eigenvalue weighted by Gasteiger charge is 2.27. The van der Waals surface area contributed by atoms with Crippen LogP contribution in [-0.4, -0.2) is 38.4 Å². The SMILES string of the molecule is CC(C)(C)OC(=O)N[C@@H](Cc1cn(C2CC2)cn1)C(=O)O. The molecule has 0 radical (unpaired) electrons. The van der Waals surface area contributed by atoms with Crippen LogP contribution in [-0.2, 0) is 16.0 Å². The van der Waals surface area contributed by atoms with Crippen LogP contribution in [0.1, 0.15) is 45.3 Å². The second-order valence-electron chi connectivity index (χ2n) is 6.28. The molecule has 0 bridgehead atoms. The van der Waals surface area contributed by atoms with Gasteiger partial charge in [0, 0.05) is 18.7 Å². The molecule has 0 saturated heterocycles. The maximum atomic E-state index is 11.7. The molecule has 0 unspecified atom stereocenters. The van der Waals surface area contributed by atoms with E-state index in [2.05, 4.69) is 10.3 Å². The summed E-state index contributed by atoms with van der Waals surface area (Å²) in [7, 11) is 0. The van der Waals surface area contributed by atoms with Gasteiger partial charge in [0.05, 0.1) is 12.0 Å². The Morgan fingerprint density at radius 1 is 1.52 bits per heavy atom. The largest absolute Gasteiger partial charge is 0.480 e. The maximum absolute atomic E-state index is 11.7. The Bertz CT molecular complexity index is 529. The molecule has 0 aromatic carbocycles. The molecule has 116 valence electrons. The van der Waals surface area contributed by atoms with Crippen LogP contribution in [0.2, 0.25) is 0 Å². The van der Waals surface area contributed by atoms with Crippen molar-refractivity contribution in [3.05, 3.63) is 18.2 Å². The van der Waals surface area contributed by atoms with Crippen LogP contribution in [0.25, 0.3) is 0 Å². The third-order valence-corrected chi connectivity index (χ3v) is 3.03. The number of carbonyl (C=O) groups excluding carboxylic acids is 1. The van der Waals surface area contributed by atoms with Crippen LogP contribution < -0.4 is 5.32 Å². The van der Waals surface area contributed by atoms with Gasteiger partial charge in [-0.2, -0.15) is 0 Å². The minimum Gasteiger partial charge on any atom is -0.480 e. The van der Waals surface area contributed by atoms with Gasteiger partial charge >= 0.3 is 12.1 Å². The first-order chi connectivity index (χ1) is 9.74. The van der Waals surface area contributed by atoms with Gasteiger partial charge in [0.2, 0.25) is 0 Å². The predicted octanol–water partition coefficient (Wildman–Crippen LogP) is 1.74. The first-order valence-electron chi connectivity index (χ1n) is 6.99. The minimum atomic E-state index is -1.11. The fourth-order valence-corrected chi connectivity index (χ4v) is 1.92. The fraction of sp³-hybridized carbons (Fsp3) is 0.643. The molecule has 1 fully saturated rings. The number of carboxylic acids is 1. The summed E-state index contributed by atoms with van der Waals surface area (Å²) in [6.45, 7) is 5.17. The molecule has 0 aliphatic heterocycles. The van der Waals surface area contributed by atoms with Gasteiger partial charge in [0.25, 0.3) is 0 Å². The average molecular weight is 295 g/mol. The van der Waals surface area contributed by atoms with Crippen molar-refractivity contribution < 1.29 is 19.4 Å². The predicted molar refractivity (Wildman–Crippen MR) is 75.0 cm³/mol. The van der Waals surface area contributed by atoms with Gasteiger partial charge in [0.1, 0.15) is 11.6 Å². The number of hydrogen-bond donors (Lipinski definition) is 2. The highest BCUT2D eigenvalue weighted by molar-refractivity contribution is 5.80. The summed E-state index contributed by atoms with van der Waals surface area (Å²) in [5.74, 6) is -1.11. The number of rotatable bonds is 5. The quantitative estimate of drug-likeness (QED) is 0.863. The first kappa shape index (κ1) is 15.3. The summed E-state index contributed by atoms with van der Waals surface area (Å²) in [6, 6.07) is -0.559. The van der Waals surface area contributed by atoms with E-state index in [-0.39, 0.29) is 6.42 Å². The van der Waals surface area contributed by atoms with Crippen LogP contribution in [0, 0.1) is 0 Å². The monoisotopic (exact) mass is 295 g/mol. The number of ether oxygens (including phenoxy) is 1. The number of alkyl carbamates (subject to hydrolysis) is 1. The third kappa shape index (κ3) is 4.77. The summed E-state index contributed by atoms with van der Waals surface area (Å²) >= 11 is 0. The maximum Gasteiger partial charge on any atom is 0.408 e. The fourth-order valence-electron chi connectivity index (χ4n) is 1.92. The summed E-state index contributed by atoms with van der Waals surface area (Å²) in [4.78, 5) is 27.1. The van der Waals surface area contributed by atoms with E-state index in [1.54, 1.807) is 27.1 Å². The zero-order valence-electron chi connectivity index (χ0n) is 12.5. The van der Waals surface area contributed by atoms with Gasteiger partial charge in [-0.1, -0.05) is 0 Å². The molecule has 21 heavy (non-hydrogen) atoms. The second kappa shape index (κ2) is 5.75. The first-order valence-corrected chi connectivity index (χ1v) is 6.99. The molecule has 1 saturated carbocycles. The van der Waals surface area contributed by atoms with Gasteiger partial charge in [0.15, 0.2) is 0 Å². The Kier molecular flexibility index (Phi) is 4.20. The van der Waals surface area contributed by atoms with Crippen molar-refractivity contribution >= 4 is 12.1 Å². The van der Waals surface area contributed by atoms with Crippen molar-refractivity contribution in [2.24, 2.45) is 0 Å². The lowest BCUT2D eigenvalue weighted by molar-refractivity contribution is -0.139. The third-order valence-electron chi connectivity index (χ3n) is 3.03. The van der Waals surface area contributed by atoms with Gasteiger partial charge in [-0.25, -0.2) is 14.6 Å². The van der Waals surface area contributed by atoms with Crippen molar-refractivity contribution in [3.8, 4) is 0 Å². The Morgan fingerprint density at radius 2 is 2.19 bits per heavy atom.